The third-order valence-electron chi connectivity index (χ3n) is 31.0. The van der Waals surface area contributed by atoms with Crippen molar-refractivity contribution in [1.29, 1.82) is 0 Å². The van der Waals surface area contributed by atoms with Crippen LogP contribution >= 0.6 is 74.0 Å². The molecule has 3 heterocycles. The number of hydrogen-bond donors (Lipinski definition) is 0. The molecule has 0 amide bonds. The van der Waals surface area contributed by atoms with E-state index in [1.807, 2.05) is 113 Å². The second-order valence-corrected chi connectivity index (χ2v) is 66.9. The van der Waals surface area contributed by atoms with Crippen molar-refractivity contribution in [2.24, 2.45) is 29.6 Å². The summed E-state index contributed by atoms with van der Waals surface area (Å²) < 4.78 is 11.4. The minimum atomic E-state index is -1.77. The number of allylic oxidation sites excluding steroid dienone is 24. The second kappa shape index (κ2) is 60.5. The first-order valence-corrected chi connectivity index (χ1v) is 73.4. The molecule has 15 aliphatic rings. The summed E-state index contributed by atoms with van der Waals surface area (Å²) in [4.78, 5) is 14.9. The van der Waals surface area contributed by atoms with Crippen LogP contribution in [0.5, 0.6) is 5.75 Å². The van der Waals surface area contributed by atoms with Crippen LogP contribution < -0.4 is 4.74 Å². The molecular formula is C119H177Cl6N6OP2Ru3-. The predicted octanol–water partition coefficient (Wildman–Crippen LogP) is 35.8. The molecule has 3 unspecified atom stereocenters. The van der Waals surface area contributed by atoms with Crippen LogP contribution in [-0.2, 0) is 40.6 Å². The van der Waals surface area contributed by atoms with Gasteiger partial charge in [0, 0.05) is 55.1 Å². The van der Waals surface area contributed by atoms with Crippen LogP contribution in [0, 0.1) is 49.6 Å². The van der Waals surface area contributed by atoms with E-state index in [1.165, 1.54) is 163 Å². The molecule has 766 valence electrons. The molecule has 0 N–H and O–H groups in total. The summed E-state index contributed by atoms with van der Waals surface area (Å²) in [5.41, 5.74) is 32.9. The van der Waals surface area contributed by atoms with Crippen molar-refractivity contribution in [3.63, 3.8) is 0 Å². The molecule has 3 aromatic rings. The fraction of sp³-hybridized carbons (Fsp3) is 0.597. The Hall–Kier alpha value is -2.78. The Morgan fingerprint density at radius 2 is 0.650 bits per heavy atom. The average molecular weight is 2290 g/mol. The Morgan fingerprint density at radius 1 is 0.350 bits per heavy atom. The molecule has 6 saturated carbocycles. The second-order valence-electron chi connectivity index (χ2n) is 42.8. The van der Waals surface area contributed by atoms with E-state index < -0.39 is 40.6 Å². The quantitative estimate of drug-likeness (QED) is 0.0756. The van der Waals surface area contributed by atoms with Gasteiger partial charge in [-0.15, -0.1) is 0 Å². The molecular weight excluding hydrogens is 2110 g/mol. The molecule has 137 heavy (non-hydrogen) atoms. The first-order valence-electron chi connectivity index (χ1n) is 53.5. The molecule has 7 nitrogen and oxygen atoms in total. The van der Waals surface area contributed by atoms with E-state index in [4.69, 9.17) is 62.9 Å². The van der Waals surface area contributed by atoms with Gasteiger partial charge < -0.3 is 29.4 Å². The fourth-order valence-electron chi connectivity index (χ4n) is 25.7. The van der Waals surface area contributed by atoms with Crippen LogP contribution in [0.4, 0.5) is 0 Å². The van der Waals surface area contributed by atoms with Gasteiger partial charge in [-0.1, -0.05) is 144 Å². The summed E-state index contributed by atoms with van der Waals surface area (Å²) in [6.45, 7) is 49.8. The summed E-state index contributed by atoms with van der Waals surface area (Å²) in [5.74, 6) is 3.98. The van der Waals surface area contributed by atoms with Crippen LogP contribution in [0.3, 0.4) is 0 Å². The third-order valence-corrected chi connectivity index (χ3v) is 45.7. The van der Waals surface area contributed by atoms with Gasteiger partial charge in [-0.3, -0.25) is 0 Å². The molecule has 3 aromatic carbocycles. The van der Waals surface area contributed by atoms with Crippen molar-refractivity contribution in [2.45, 2.75) is 388 Å². The number of halogens is 6. The third kappa shape index (κ3) is 36.9. The van der Waals surface area contributed by atoms with Crippen molar-refractivity contribution in [3.05, 3.63) is 261 Å². The SMILES string of the molecule is C1CCC([PH+](C2CCCCC2)C2CCCCC2)CC1.C1CCC([PH+](C2CCCCC2)C2CCCCC2)CC1.CC(C)Oc1ccccc1[CH]=[Ru]([Cl])[Cl].CC1=C(N2[CH-]N(C3=CC=CCC3C)CC2)CCC=C1.CC1=CC(C)=C(N2[CH-]N(C3=C(C)C=C(C)C[C@H]3C)CC2)C(C)C1.CC1=CC(C)=C(N2[CH-]N(C3=C(C)C=C(C)C[C@H]3C)CC2)C(C)C1.[Cl][Ru]([Cl])=[CH]c1ccccc1.[Cl][Ru]([Cl])=[CH]c1ccccc1. The first-order chi connectivity index (χ1) is 66.0. The summed E-state index contributed by atoms with van der Waals surface area (Å²) in [5, 5.41) is 0. The molecule has 3 saturated heterocycles. The van der Waals surface area contributed by atoms with Crippen molar-refractivity contribution < 1.29 is 45.3 Å². The molecule has 12 aliphatic carbocycles. The van der Waals surface area contributed by atoms with Gasteiger partial charge in [0.15, 0.2) is 0 Å². The van der Waals surface area contributed by atoms with Gasteiger partial charge in [-0.2, -0.15) is 20.0 Å². The number of hydrogen-bond acceptors (Lipinski definition) is 7. The molecule has 18 rings (SSSR count). The van der Waals surface area contributed by atoms with Gasteiger partial charge in [0.05, 0.1) is 34.0 Å². The van der Waals surface area contributed by atoms with E-state index >= 15 is 0 Å². The summed E-state index contributed by atoms with van der Waals surface area (Å²) in [6.07, 6.45) is 76.8. The molecule has 5 atom stereocenters. The Balaban J connectivity index is 0.000000152. The topological polar surface area (TPSA) is 28.7 Å². The zero-order chi connectivity index (χ0) is 97.9. The Labute approximate surface area is 877 Å². The van der Waals surface area contributed by atoms with Crippen LogP contribution in [0.15, 0.2) is 224 Å². The molecule has 0 radical (unpaired) electrons. The molecule has 18 heteroatoms. The Kier molecular flexibility index (Phi) is 50.6. The molecule has 9 fully saturated rings. The number of nitrogens with zero attached hydrogens (tertiary/aromatic N) is 6. The number of rotatable bonds is 17. The maximum atomic E-state index is 5.82. The zero-order valence-corrected chi connectivity index (χ0v) is 98.7. The average Bonchev–Trinajstić information content (AvgIpc) is 1.69. The monoisotopic (exact) mass is 2280 g/mol. The predicted molar refractivity (Wildman–Crippen MR) is 600 cm³/mol. The number of ether oxygens (including phenoxy) is 1. The molecule has 0 bridgehead atoms. The van der Waals surface area contributed by atoms with Crippen molar-refractivity contribution >= 4 is 87.8 Å². The van der Waals surface area contributed by atoms with Gasteiger partial charge in [0.2, 0.25) is 0 Å². The maximum absolute atomic E-state index is 5.82. The zero-order valence-electron chi connectivity index (χ0n) is 87.0. The standard InChI is InChI=1S/2C21H31N2.2C18H33P.C17H23N2.C10H12O.2C7H6.6ClH.3Ru/c2*1-14-9-16(3)20(17(4)10-14)22-7-8-23(13-22)21-18(5)11-15(2)12-19(21)6;2*1-4-10-16(11-5-1)19(17-12-6-2-7-13-17)18-14-8-3-9-15-18;1-14-7-3-5-9-16(14)18-11-12-19(13-18)17-10-6-4-8-15(17)2;1-8(2)11-10-7-5-4-6-9(10)3;2*1-7-5-3-2-4-6-7;;;;;;;;;/h2*9,11,13,17,19H,7-8,10,12H2,1-6H3;2*16-18H,1-15H2;3-5,8-9,13-14H,6-7,10-12H2,1-2H3;3-8H,1-2H3;2*1-6H;6*1H;;;/q2*-1;;;-1;;;;;;;;;;3*+2/p-4/t2*17-,19?;;;;;;;;;;;;;;;/m11.............../s1. The van der Waals surface area contributed by atoms with Crippen molar-refractivity contribution in [2.75, 3.05) is 39.3 Å². The van der Waals surface area contributed by atoms with Gasteiger partial charge in [0.25, 0.3) is 0 Å². The van der Waals surface area contributed by atoms with Gasteiger partial charge in [-0.05, 0) is 359 Å². The van der Waals surface area contributed by atoms with Gasteiger partial charge in [0.1, 0.15) is 0 Å². The fourth-order valence-corrected chi connectivity index (χ4v) is 41.6. The minimum absolute atomic E-state index is 0.0465. The van der Waals surface area contributed by atoms with Crippen LogP contribution in [0.2, 0.25) is 0 Å². The van der Waals surface area contributed by atoms with E-state index in [9.17, 15) is 0 Å². The van der Waals surface area contributed by atoms with E-state index in [2.05, 4.69) is 201 Å². The summed E-state index contributed by atoms with van der Waals surface area (Å²) in [7, 11) is 34.2. The van der Waals surface area contributed by atoms with Crippen LogP contribution in [0.1, 0.15) is 365 Å². The number of para-hydroxylation sites is 1. The van der Waals surface area contributed by atoms with Crippen molar-refractivity contribution in [1.82, 2.24) is 29.4 Å². The van der Waals surface area contributed by atoms with E-state index in [0.717, 1.165) is 61.7 Å². The van der Waals surface area contributed by atoms with Crippen LogP contribution in [0.25, 0.3) is 0 Å². The van der Waals surface area contributed by atoms with Gasteiger partial charge >= 0.3 is 245 Å². The Morgan fingerprint density at radius 3 is 0.949 bits per heavy atom. The first kappa shape index (κ1) is 115. The van der Waals surface area contributed by atoms with Gasteiger partial charge in [-0.25, -0.2) is 0 Å². The molecule has 3 aliphatic heterocycles. The summed E-state index contributed by atoms with van der Waals surface area (Å²) in [6, 6.07) is 27.6. The van der Waals surface area contributed by atoms with E-state index in [1.54, 1.807) is 193 Å². The van der Waals surface area contributed by atoms with E-state index in [0.29, 0.717) is 29.6 Å². The summed E-state index contributed by atoms with van der Waals surface area (Å²) >= 11 is -5.00. The van der Waals surface area contributed by atoms with E-state index in [-0.39, 0.29) is 21.9 Å². The molecule has 0 aromatic heterocycles. The van der Waals surface area contributed by atoms with Crippen LogP contribution in [-0.4, -0.2) is 123 Å². The molecule has 0 spiro atoms. The van der Waals surface area contributed by atoms with Crippen molar-refractivity contribution in [3.8, 4) is 5.75 Å². The Bertz CT molecular complexity index is 4330. The number of benzene rings is 3. The normalized spacial score (nSPS) is 24.4.